The Labute approximate surface area is 135 Å². The smallest absolute Gasteiger partial charge is 0.161 e. The number of anilines is 1. The largest absolute Gasteiger partial charge is 0.486 e. The van der Waals surface area contributed by atoms with Gasteiger partial charge in [0.15, 0.2) is 17.3 Å². The van der Waals surface area contributed by atoms with E-state index in [4.69, 9.17) is 14.6 Å². The van der Waals surface area contributed by atoms with Gasteiger partial charge in [-0.25, -0.2) is 0 Å². The van der Waals surface area contributed by atoms with E-state index in [1.54, 1.807) is 0 Å². The van der Waals surface area contributed by atoms with Crippen molar-refractivity contribution in [1.29, 1.82) is 0 Å². The van der Waals surface area contributed by atoms with Crippen LogP contribution in [-0.2, 0) is 6.42 Å². The molecular formula is C17H21N3O3. The average molecular weight is 315 g/mol. The maximum Gasteiger partial charge on any atom is 0.161 e. The molecule has 6 nitrogen and oxygen atoms in total. The van der Waals surface area contributed by atoms with Crippen molar-refractivity contribution in [1.82, 2.24) is 10.2 Å². The van der Waals surface area contributed by atoms with Crippen molar-refractivity contribution < 1.29 is 14.6 Å². The molecular weight excluding hydrogens is 294 g/mol. The molecule has 0 amide bonds. The number of fused-ring (bicyclic) bond motifs is 1. The van der Waals surface area contributed by atoms with E-state index in [9.17, 15) is 0 Å². The van der Waals surface area contributed by atoms with Crippen molar-refractivity contribution in [3.8, 4) is 11.5 Å². The third-order valence-electron chi connectivity index (χ3n) is 3.82. The number of aliphatic hydroxyl groups excluding tert-OH is 1. The third kappa shape index (κ3) is 3.90. The zero-order valence-electron chi connectivity index (χ0n) is 13.2. The van der Waals surface area contributed by atoms with Crippen LogP contribution in [0.2, 0.25) is 0 Å². The van der Waals surface area contributed by atoms with Gasteiger partial charge < -0.3 is 19.5 Å². The number of aromatic nitrogens is 2. The number of ether oxygens (including phenoxy) is 2. The Hall–Kier alpha value is -2.34. The molecule has 6 heteroatoms. The zero-order valence-corrected chi connectivity index (χ0v) is 13.2. The number of rotatable bonds is 6. The van der Waals surface area contributed by atoms with Crippen LogP contribution in [0.5, 0.6) is 11.5 Å². The Balaban J connectivity index is 1.53. The van der Waals surface area contributed by atoms with Gasteiger partial charge in [-0.1, -0.05) is 12.1 Å². The molecule has 0 saturated heterocycles. The first kappa shape index (κ1) is 15.6. The number of likely N-dealkylation sites (N-methyl/N-ethyl adjacent to an activating group) is 1. The highest BCUT2D eigenvalue weighted by atomic mass is 16.6. The van der Waals surface area contributed by atoms with Crippen LogP contribution in [0.15, 0.2) is 36.4 Å². The van der Waals surface area contributed by atoms with Crippen LogP contribution in [0.4, 0.5) is 5.82 Å². The Morgan fingerprint density at radius 2 is 2.00 bits per heavy atom. The van der Waals surface area contributed by atoms with E-state index in [0.717, 1.165) is 35.9 Å². The molecule has 1 N–H and O–H groups in total. The van der Waals surface area contributed by atoms with Gasteiger partial charge in [0.1, 0.15) is 12.7 Å². The average Bonchev–Trinajstić information content (AvgIpc) is 2.60. The first-order valence-corrected chi connectivity index (χ1v) is 7.79. The summed E-state index contributed by atoms with van der Waals surface area (Å²) in [6.07, 6.45) is 1.64. The molecule has 2 heterocycles. The topological polar surface area (TPSA) is 67.7 Å². The van der Waals surface area contributed by atoms with E-state index in [1.807, 2.05) is 48.3 Å². The molecule has 122 valence electrons. The van der Waals surface area contributed by atoms with Gasteiger partial charge >= 0.3 is 0 Å². The normalized spacial score (nSPS) is 16.2. The Kier molecular flexibility index (Phi) is 4.92. The minimum atomic E-state index is 0.0310. The fraction of sp³-hybridized carbons (Fsp3) is 0.412. The fourth-order valence-electron chi connectivity index (χ4n) is 2.47. The lowest BCUT2D eigenvalue weighted by Gasteiger charge is -2.26. The van der Waals surface area contributed by atoms with Crippen molar-refractivity contribution in [2.24, 2.45) is 0 Å². The number of nitrogens with zero attached hydrogens (tertiary/aromatic N) is 3. The summed E-state index contributed by atoms with van der Waals surface area (Å²) in [6, 6.07) is 11.6. The molecule has 0 unspecified atom stereocenters. The molecule has 0 fully saturated rings. The molecule has 1 aromatic heterocycles. The van der Waals surface area contributed by atoms with Crippen LogP contribution in [0.1, 0.15) is 12.1 Å². The van der Waals surface area contributed by atoms with Gasteiger partial charge in [0.25, 0.3) is 0 Å². The quantitative estimate of drug-likeness (QED) is 0.875. The van der Waals surface area contributed by atoms with Crippen molar-refractivity contribution in [3.63, 3.8) is 0 Å². The molecule has 0 bridgehead atoms. The molecule has 3 rings (SSSR count). The van der Waals surface area contributed by atoms with Crippen molar-refractivity contribution >= 4 is 5.82 Å². The molecule has 1 atom stereocenters. The van der Waals surface area contributed by atoms with E-state index in [1.165, 1.54) is 0 Å². The first-order valence-electron chi connectivity index (χ1n) is 7.79. The maximum atomic E-state index is 8.94. The lowest BCUT2D eigenvalue weighted by molar-refractivity contribution is 0.0849. The van der Waals surface area contributed by atoms with Crippen molar-refractivity contribution in [2.45, 2.75) is 18.9 Å². The molecule has 1 aromatic carbocycles. The molecule has 23 heavy (non-hydrogen) atoms. The predicted molar refractivity (Wildman–Crippen MR) is 87.1 cm³/mol. The van der Waals surface area contributed by atoms with Crippen LogP contribution in [0.3, 0.4) is 0 Å². The standard InChI is InChI=1S/C17H21N3O3/c1-20(10-11-21)17-9-7-13(18-19-17)6-8-14-12-22-15-4-2-3-5-16(15)23-14/h2-5,7,9,14,21H,6,8,10-12H2,1H3/t14-/m1/s1. The van der Waals surface area contributed by atoms with E-state index >= 15 is 0 Å². The van der Waals surface area contributed by atoms with Gasteiger partial charge in [0, 0.05) is 13.6 Å². The van der Waals surface area contributed by atoms with Crippen molar-refractivity contribution in [2.75, 3.05) is 31.7 Å². The van der Waals surface area contributed by atoms with Gasteiger partial charge in [-0.15, -0.1) is 5.10 Å². The summed E-state index contributed by atoms with van der Waals surface area (Å²) in [4.78, 5) is 1.87. The minimum absolute atomic E-state index is 0.0310. The number of hydrogen-bond acceptors (Lipinski definition) is 6. The second kappa shape index (κ2) is 7.28. The maximum absolute atomic E-state index is 8.94. The monoisotopic (exact) mass is 315 g/mol. The molecule has 0 spiro atoms. The van der Waals surface area contributed by atoms with Gasteiger partial charge in [-0.3, -0.25) is 0 Å². The van der Waals surface area contributed by atoms with Gasteiger partial charge in [-0.05, 0) is 37.1 Å². The van der Waals surface area contributed by atoms with E-state index in [0.29, 0.717) is 13.2 Å². The summed E-state index contributed by atoms with van der Waals surface area (Å²) in [5, 5.41) is 17.4. The van der Waals surface area contributed by atoms with Crippen LogP contribution >= 0.6 is 0 Å². The third-order valence-corrected chi connectivity index (χ3v) is 3.82. The fourth-order valence-corrected chi connectivity index (χ4v) is 2.47. The minimum Gasteiger partial charge on any atom is -0.486 e. The summed E-state index contributed by atoms with van der Waals surface area (Å²) >= 11 is 0. The van der Waals surface area contributed by atoms with E-state index in [2.05, 4.69) is 10.2 Å². The summed E-state index contributed by atoms with van der Waals surface area (Å²) in [6.45, 7) is 1.20. The van der Waals surface area contributed by atoms with Gasteiger partial charge in [-0.2, -0.15) is 5.10 Å². The SMILES string of the molecule is CN(CCO)c1ccc(CC[C@@H]2COc3ccccc3O2)nn1. The van der Waals surface area contributed by atoms with Crippen molar-refractivity contribution in [3.05, 3.63) is 42.1 Å². The summed E-state index contributed by atoms with van der Waals surface area (Å²) in [7, 11) is 1.88. The van der Waals surface area contributed by atoms with Gasteiger partial charge in [0.2, 0.25) is 0 Å². The molecule has 0 radical (unpaired) electrons. The number of hydrogen-bond donors (Lipinski definition) is 1. The second-order valence-corrected chi connectivity index (χ2v) is 5.56. The van der Waals surface area contributed by atoms with Crippen LogP contribution in [-0.4, -0.2) is 48.2 Å². The van der Waals surface area contributed by atoms with Gasteiger partial charge in [0.05, 0.1) is 12.3 Å². The van der Waals surface area contributed by atoms with E-state index in [-0.39, 0.29) is 12.7 Å². The highest BCUT2D eigenvalue weighted by Crippen LogP contribution is 2.31. The number of benzene rings is 1. The van der Waals surface area contributed by atoms with Crippen LogP contribution < -0.4 is 14.4 Å². The number of para-hydroxylation sites is 2. The van der Waals surface area contributed by atoms with Crippen LogP contribution in [0, 0.1) is 0 Å². The summed E-state index contributed by atoms with van der Waals surface area (Å²) in [5.74, 6) is 2.37. The molecule has 2 aromatic rings. The molecule has 1 aliphatic heterocycles. The Morgan fingerprint density at radius 1 is 1.17 bits per heavy atom. The lowest BCUT2D eigenvalue weighted by Crippen LogP contribution is -2.29. The second-order valence-electron chi connectivity index (χ2n) is 5.56. The molecule has 0 aliphatic carbocycles. The summed E-state index contributed by atoms with van der Waals surface area (Å²) in [5.41, 5.74) is 0.925. The highest BCUT2D eigenvalue weighted by molar-refractivity contribution is 5.40. The predicted octanol–water partition coefficient (Wildman–Crippen LogP) is 1.68. The van der Waals surface area contributed by atoms with E-state index < -0.39 is 0 Å². The Bertz CT molecular complexity index is 633. The number of aliphatic hydroxyl groups is 1. The number of aryl methyl sites for hydroxylation is 1. The lowest BCUT2D eigenvalue weighted by atomic mass is 10.1. The highest BCUT2D eigenvalue weighted by Gasteiger charge is 2.20. The first-order chi connectivity index (χ1) is 11.3. The molecule has 1 aliphatic rings. The zero-order chi connectivity index (χ0) is 16.1. The van der Waals surface area contributed by atoms with Crippen LogP contribution in [0.25, 0.3) is 0 Å². The Morgan fingerprint density at radius 3 is 2.74 bits per heavy atom. The summed E-state index contributed by atoms with van der Waals surface area (Å²) < 4.78 is 11.6. The molecule has 0 saturated carbocycles.